The molecule has 0 saturated heterocycles. The van der Waals surface area contributed by atoms with Gasteiger partial charge in [0.1, 0.15) is 17.7 Å². The molecule has 6 nitrogen and oxygen atoms in total. The summed E-state index contributed by atoms with van der Waals surface area (Å²) in [7, 11) is 0. The Labute approximate surface area is 125 Å². The number of amides is 2. The second-order valence-electron chi connectivity index (χ2n) is 4.49. The molecule has 8 heteroatoms. The highest BCUT2D eigenvalue weighted by atomic mass is 19.1. The number of hydrogen-bond donors (Lipinski definition) is 2. The molecule has 0 saturated carbocycles. The molecule has 0 bridgehead atoms. The quantitative estimate of drug-likeness (QED) is 0.713. The maximum Gasteiger partial charge on any atom is 0.308 e. The molecule has 0 radical (unpaired) electrons. The lowest BCUT2D eigenvalue weighted by Crippen LogP contribution is -2.46. The zero-order valence-corrected chi connectivity index (χ0v) is 11.9. The summed E-state index contributed by atoms with van der Waals surface area (Å²) in [4.78, 5) is 34.3. The minimum atomic E-state index is -1.25. The van der Waals surface area contributed by atoms with Crippen molar-refractivity contribution in [1.29, 1.82) is 0 Å². The van der Waals surface area contributed by atoms with Gasteiger partial charge < -0.3 is 15.8 Å². The van der Waals surface area contributed by atoms with Crippen LogP contribution in [0.1, 0.15) is 18.9 Å². The van der Waals surface area contributed by atoms with Crippen molar-refractivity contribution < 1.29 is 27.9 Å². The summed E-state index contributed by atoms with van der Waals surface area (Å²) in [5, 5.41) is 2.23. The van der Waals surface area contributed by atoms with Crippen LogP contribution in [0.2, 0.25) is 0 Å². The van der Waals surface area contributed by atoms with Crippen molar-refractivity contribution in [2.24, 2.45) is 5.73 Å². The fraction of sp³-hybridized carbons (Fsp3) is 0.357. The normalized spacial score (nSPS) is 11.6. The van der Waals surface area contributed by atoms with E-state index >= 15 is 0 Å². The Bertz CT molecular complexity index is 558. The summed E-state index contributed by atoms with van der Waals surface area (Å²) in [6.07, 6.45) is -0.770. The largest absolute Gasteiger partial charge is 0.466 e. The molecule has 2 amide bonds. The average Bonchev–Trinajstić information content (AvgIpc) is 2.36. The van der Waals surface area contributed by atoms with Crippen LogP contribution in [0.4, 0.5) is 8.78 Å². The number of benzene rings is 1. The van der Waals surface area contributed by atoms with Crippen molar-refractivity contribution in [3.8, 4) is 0 Å². The van der Waals surface area contributed by atoms with Crippen molar-refractivity contribution in [2.75, 3.05) is 6.61 Å². The summed E-state index contributed by atoms with van der Waals surface area (Å²) in [5.41, 5.74) is 5.18. The summed E-state index contributed by atoms with van der Waals surface area (Å²) >= 11 is 0. The molecule has 0 unspecified atom stereocenters. The number of primary amides is 1. The second kappa shape index (κ2) is 8.06. The molecule has 1 aromatic rings. The van der Waals surface area contributed by atoms with E-state index in [0.29, 0.717) is 6.07 Å². The molecular formula is C14H16F2N2O4. The predicted molar refractivity (Wildman–Crippen MR) is 72.4 cm³/mol. The summed E-state index contributed by atoms with van der Waals surface area (Å²) in [5.74, 6) is -3.94. The van der Waals surface area contributed by atoms with E-state index < -0.39 is 41.9 Å². The van der Waals surface area contributed by atoms with Crippen molar-refractivity contribution >= 4 is 17.8 Å². The molecule has 0 spiro atoms. The monoisotopic (exact) mass is 314 g/mol. The van der Waals surface area contributed by atoms with Crippen LogP contribution in [0.5, 0.6) is 0 Å². The number of nitrogens with two attached hydrogens (primary N) is 1. The molecular weight excluding hydrogens is 298 g/mol. The zero-order valence-electron chi connectivity index (χ0n) is 11.9. The van der Waals surface area contributed by atoms with E-state index in [0.717, 1.165) is 12.1 Å². The van der Waals surface area contributed by atoms with Gasteiger partial charge in [-0.05, 0) is 24.6 Å². The predicted octanol–water partition coefficient (Wildman–Crippen LogP) is 0.431. The number of rotatable bonds is 7. The van der Waals surface area contributed by atoms with Gasteiger partial charge in [-0.25, -0.2) is 8.78 Å². The maximum absolute atomic E-state index is 13.0. The topological polar surface area (TPSA) is 98.5 Å². The molecule has 3 N–H and O–H groups in total. The molecule has 0 aromatic heterocycles. The van der Waals surface area contributed by atoms with Gasteiger partial charge in [-0.1, -0.05) is 0 Å². The molecule has 120 valence electrons. The van der Waals surface area contributed by atoms with Gasteiger partial charge in [-0.15, -0.1) is 0 Å². The van der Waals surface area contributed by atoms with E-state index in [1.807, 2.05) is 0 Å². The molecule has 0 aliphatic heterocycles. The average molecular weight is 314 g/mol. The number of esters is 1. The van der Waals surface area contributed by atoms with Crippen LogP contribution in [0.3, 0.4) is 0 Å². The van der Waals surface area contributed by atoms with Gasteiger partial charge in [0.05, 0.1) is 19.4 Å². The number of ether oxygens (including phenoxy) is 1. The fourth-order valence-corrected chi connectivity index (χ4v) is 1.75. The first-order valence-corrected chi connectivity index (χ1v) is 6.51. The number of halogens is 2. The van der Waals surface area contributed by atoms with Crippen LogP contribution in [-0.4, -0.2) is 30.4 Å². The third-order valence-electron chi connectivity index (χ3n) is 2.64. The van der Waals surface area contributed by atoms with Gasteiger partial charge >= 0.3 is 5.97 Å². The first-order valence-electron chi connectivity index (χ1n) is 6.51. The van der Waals surface area contributed by atoms with Crippen LogP contribution in [-0.2, 0) is 25.5 Å². The van der Waals surface area contributed by atoms with E-state index in [9.17, 15) is 23.2 Å². The second-order valence-corrected chi connectivity index (χ2v) is 4.49. The zero-order chi connectivity index (χ0) is 16.7. The maximum atomic E-state index is 13.0. The first kappa shape index (κ1) is 17.5. The van der Waals surface area contributed by atoms with Crippen LogP contribution < -0.4 is 11.1 Å². The van der Waals surface area contributed by atoms with E-state index in [4.69, 9.17) is 5.73 Å². The lowest BCUT2D eigenvalue weighted by molar-refractivity contribution is -0.145. The van der Waals surface area contributed by atoms with Crippen LogP contribution in [0.25, 0.3) is 0 Å². The Morgan fingerprint density at radius 3 is 2.32 bits per heavy atom. The van der Waals surface area contributed by atoms with Gasteiger partial charge in [0.15, 0.2) is 0 Å². The SMILES string of the molecule is CCOC(=O)C[C@H](NC(=O)Cc1cc(F)cc(F)c1)C(N)=O. The minimum Gasteiger partial charge on any atom is -0.466 e. The highest BCUT2D eigenvalue weighted by Gasteiger charge is 2.22. The van der Waals surface area contributed by atoms with Gasteiger partial charge in [0.2, 0.25) is 11.8 Å². The van der Waals surface area contributed by atoms with E-state index in [-0.39, 0.29) is 18.6 Å². The van der Waals surface area contributed by atoms with E-state index in [1.165, 1.54) is 0 Å². The molecule has 0 aliphatic rings. The first-order chi connectivity index (χ1) is 10.3. The molecule has 1 rings (SSSR count). The van der Waals surface area contributed by atoms with Crippen molar-refractivity contribution in [3.63, 3.8) is 0 Å². The Kier molecular flexibility index (Phi) is 6.43. The van der Waals surface area contributed by atoms with E-state index in [1.54, 1.807) is 6.92 Å². The lowest BCUT2D eigenvalue weighted by Gasteiger charge is -2.14. The highest BCUT2D eigenvalue weighted by molar-refractivity contribution is 5.90. The number of hydrogen-bond acceptors (Lipinski definition) is 4. The van der Waals surface area contributed by atoms with E-state index in [2.05, 4.69) is 10.1 Å². The van der Waals surface area contributed by atoms with Crippen molar-refractivity contribution in [2.45, 2.75) is 25.8 Å². The highest BCUT2D eigenvalue weighted by Crippen LogP contribution is 2.09. The van der Waals surface area contributed by atoms with Crippen LogP contribution in [0.15, 0.2) is 18.2 Å². The van der Waals surface area contributed by atoms with Gasteiger partial charge in [-0.2, -0.15) is 0 Å². The third-order valence-corrected chi connectivity index (χ3v) is 2.64. The standard InChI is InChI=1S/C14H16F2N2O4/c1-2-22-13(20)7-11(14(17)21)18-12(19)5-8-3-9(15)6-10(16)4-8/h3-4,6,11H,2,5,7H2,1H3,(H2,17,21)(H,18,19)/t11-/m0/s1. The smallest absolute Gasteiger partial charge is 0.308 e. The Hall–Kier alpha value is -2.51. The number of nitrogens with one attached hydrogen (secondary N) is 1. The van der Waals surface area contributed by atoms with Crippen molar-refractivity contribution in [1.82, 2.24) is 5.32 Å². The number of carbonyl (C=O) groups is 3. The van der Waals surface area contributed by atoms with Gasteiger partial charge in [0.25, 0.3) is 0 Å². The molecule has 0 heterocycles. The molecule has 1 aromatic carbocycles. The van der Waals surface area contributed by atoms with Crippen LogP contribution >= 0.6 is 0 Å². The Morgan fingerprint density at radius 2 is 1.82 bits per heavy atom. The Morgan fingerprint density at radius 1 is 1.23 bits per heavy atom. The van der Waals surface area contributed by atoms with Crippen molar-refractivity contribution in [3.05, 3.63) is 35.4 Å². The molecule has 22 heavy (non-hydrogen) atoms. The summed E-state index contributed by atoms with van der Waals surface area (Å²) < 4.78 is 30.7. The lowest BCUT2D eigenvalue weighted by atomic mass is 10.1. The van der Waals surface area contributed by atoms with Gasteiger partial charge in [-0.3, -0.25) is 14.4 Å². The summed E-state index contributed by atoms with van der Waals surface area (Å²) in [6, 6.07) is 1.42. The van der Waals surface area contributed by atoms with Gasteiger partial charge in [0, 0.05) is 6.07 Å². The molecule has 1 atom stereocenters. The fourth-order valence-electron chi connectivity index (χ4n) is 1.75. The number of carbonyl (C=O) groups excluding carboxylic acids is 3. The Balaban J connectivity index is 2.67. The molecule has 0 fully saturated rings. The minimum absolute atomic E-state index is 0.0920. The van der Waals surface area contributed by atoms with Crippen LogP contribution in [0, 0.1) is 11.6 Å². The third kappa shape index (κ3) is 5.86. The summed E-state index contributed by atoms with van der Waals surface area (Å²) in [6.45, 7) is 1.72. The molecule has 0 aliphatic carbocycles.